The summed E-state index contributed by atoms with van der Waals surface area (Å²) in [5, 5.41) is 4.62. The van der Waals surface area contributed by atoms with Gasteiger partial charge in [0, 0.05) is 9.92 Å². The Hall–Kier alpha value is -2.75. The number of rotatable bonds is 2. The molecule has 3 rings (SSSR count). The second kappa shape index (κ2) is 11.2. The third-order valence-electron chi connectivity index (χ3n) is 3.70. The molecule has 0 aliphatic heterocycles. The van der Waals surface area contributed by atoms with Crippen molar-refractivity contribution in [3.63, 3.8) is 0 Å². The largest absolute Gasteiger partial charge is 0.416 e. The van der Waals surface area contributed by atoms with Gasteiger partial charge in [-0.2, -0.15) is 13.2 Å². The molecule has 3 aromatic carbocycles. The summed E-state index contributed by atoms with van der Waals surface area (Å²) in [4.78, 5) is 23.9. The summed E-state index contributed by atoms with van der Waals surface area (Å²) in [6, 6.07) is 14.0. The first-order chi connectivity index (χ1) is 15.0. The number of anilines is 1. The number of urea groups is 1. The molecule has 0 atom stereocenters. The molecule has 0 saturated heterocycles. The summed E-state index contributed by atoms with van der Waals surface area (Å²) >= 11 is 15.2. The van der Waals surface area contributed by atoms with Crippen molar-refractivity contribution in [1.82, 2.24) is 5.32 Å². The van der Waals surface area contributed by atoms with Gasteiger partial charge >= 0.3 is 12.2 Å². The highest BCUT2D eigenvalue weighted by Crippen LogP contribution is 2.30. The van der Waals surface area contributed by atoms with E-state index in [1.54, 1.807) is 12.1 Å². The fraction of sp³-hybridized carbons (Fsp3) is 0.0476. The van der Waals surface area contributed by atoms with Crippen LogP contribution < -0.4 is 10.6 Å². The van der Waals surface area contributed by atoms with E-state index in [0.717, 1.165) is 18.2 Å². The molecule has 11 heteroatoms. The maximum atomic E-state index is 13.5. The van der Waals surface area contributed by atoms with E-state index in [1.165, 1.54) is 36.4 Å². The van der Waals surface area contributed by atoms with Crippen LogP contribution in [0.15, 0.2) is 71.6 Å². The van der Waals surface area contributed by atoms with Crippen LogP contribution in [0.4, 0.5) is 28.0 Å². The van der Waals surface area contributed by atoms with Crippen LogP contribution in [0.1, 0.15) is 15.9 Å². The van der Waals surface area contributed by atoms with Gasteiger partial charge < -0.3 is 5.32 Å². The molecule has 0 heterocycles. The van der Waals surface area contributed by atoms with Gasteiger partial charge in [0.2, 0.25) is 0 Å². The van der Waals surface area contributed by atoms with E-state index >= 15 is 0 Å². The Labute approximate surface area is 195 Å². The van der Waals surface area contributed by atoms with Crippen molar-refractivity contribution in [2.24, 2.45) is 0 Å². The van der Waals surface area contributed by atoms with Crippen molar-refractivity contribution in [2.75, 3.05) is 5.32 Å². The standard InChI is InChI=1S/C14H10ClFN2O2S.C7H4ClF3/c15-10-4-2-1-3-9(10)13(19)18-14(20)17-12-6-5-8(21)7-11(12)16;8-6-3-1-2-5(4-6)7(9,10)11/h1-7,21H,(H2,17,18,19,20);1-4H. The Morgan fingerprint density at radius 1 is 0.906 bits per heavy atom. The number of benzene rings is 3. The van der Waals surface area contributed by atoms with Crippen molar-refractivity contribution in [2.45, 2.75) is 11.1 Å². The molecule has 0 spiro atoms. The highest BCUT2D eigenvalue weighted by molar-refractivity contribution is 7.80. The van der Waals surface area contributed by atoms with Gasteiger partial charge in [-0.1, -0.05) is 41.4 Å². The van der Waals surface area contributed by atoms with Gasteiger partial charge in [-0.3, -0.25) is 10.1 Å². The minimum atomic E-state index is -4.30. The Kier molecular flexibility index (Phi) is 8.94. The third kappa shape index (κ3) is 7.74. The Morgan fingerprint density at radius 2 is 1.59 bits per heavy atom. The molecule has 0 aromatic heterocycles. The zero-order chi connectivity index (χ0) is 23.9. The van der Waals surface area contributed by atoms with Gasteiger partial charge in [0.1, 0.15) is 5.82 Å². The van der Waals surface area contributed by atoms with Gasteiger partial charge in [0.05, 0.1) is 21.8 Å². The van der Waals surface area contributed by atoms with Gasteiger partial charge in [-0.15, -0.1) is 12.6 Å². The minimum absolute atomic E-state index is 0.0581. The van der Waals surface area contributed by atoms with Gasteiger partial charge in [-0.25, -0.2) is 9.18 Å². The summed E-state index contributed by atoms with van der Waals surface area (Å²) < 4.78 is 49.3. The number of hydrogen-bond donors (Lipinski definition) is 3. The second-order valence-corrected chi connectivity index (χ2v) is 7.42. The maximum absolute atomic E-state index is 13.5. The number of carbonyl (C=O) groups excluding carboxylic acids is 2. The highest BCUT2D eigenvalue weighted by Gasteiger charge is 2.30. The fourth-order valence-electron chi connectivity index (χ4n) is 2.24. The Balaban J connectivity index is 0.000000278. The topological polar surface area (TPSA) is 58.2 Å². The average molecular weight is 505 g/mol. The van der Waals surface area contributed by atoms with Crippen molar-refractivity contribution in [3.8, 4) is 0 Å². The average Bonchev–Trinajstić information content (AvgIpc) is 2.70. The van der Waals surface area contributed by atoms with Crippen LogP contribution in [-0.2, 0) is 6.18 Å². The molecular weight excluding hydrogens is 491 g/mol. The number of carbonyl (C=O) groups is 2. The molecule has 32 heavy (non-hydrogen) atoms. The van der Waals surface area contributed by atoms with Crippen LogP contribution in [0.25, 0.3) is 0 Å². The van der Waals surface area contributed by atoms with Crippen molar-refractivity contribution < 1.29 is 27.2 Å². The fourth-order valence-corrected chi connectivity index (χ4v) is 2.84. The molecule has 0 bridgehead atoms. The third-order valence-corrected chi connectivity index (χ3v) is 4.54. The number of halogens is 6. The quantitative estimate of drug-likeness (QED) is 0.257. The number of imide groups is 1. The number of amides is 3. The SMILES string of the molecule is FC(F)(F)c1cccc(Cl)c1.O=C(NC(=O)c1ccccc1Cl)Nc1ccc(S)cc1F. The zero-order valence-corrected chi connectivity index (χ0v) is 18.3. The minimum Gasteiger partial charge on any atom is -0.305 e. The normalized spacial score (nSPS) is 10.6. The molecule has 3 amide bonds. The predicted octanol–water partition coefficient (Wildman–Crippen LogP) is 7.09. The van der Waals surface area contributed by atoms with E-state index in [-0.39, 0.29) is 21.3 Å². The van der Waals surface area contributed by atoms with Crippen LogP contribution >= 0.6 is 35.8 Å². The molecule has 0 saturated carbocycles. The first-order valence-electron chi connectivity index (χ1n) is 8.65. The van der Waals surface area contributed by atoms with E-state index in [4.69, 9.17) is 23.2 Å². The lowest BCUT2D eigenvalue weighted by molar-refractivity contribution is -0.137. The van der Waals surface area contributed by atoms with Gasteiger partial charge in [0.15, 0.2) is 0 Å². The summed E-state index contributed by atoms with van der Waals surface area (Å²) in [6.45, 7) is 0. The number of hydrogen-bond acceptors (Lipinski definition) is 3. The molecular formula is C21H14Cl2F4N2O2S. The monoisotopic (exact) mass is 504 g/mol. The smallest absolute Gasteiger partial charge is 0.305 e. The predicted molar refractivity (Wildman–Crippen MR) is 118 cm³/mol. The molecule has 0 radical (unpaired) electrons. The lowest BCUT2D eigenvalue weighted by Gasteiger charge is -2.08. The molecule has 0 fully saturated rings. The van der Waals surface area contributed by atoms with E-state index < -0.39 is 29.5 Å². The zero-order valence-electron chi connectivity index (χ0n) is 15.9. The summed E-state index contributed by atoms with van der Waals surface area (Å²) in [6.07, 6.45) is -4.30. The Bertz CT molecular complexity index is 1130. The first-order valence-corrected chi connectivity index (χ1v) is 9.86. The lowest BCUT2D eigenvalue weighted by atomic mass is 10.2. The summed E-state index contributed by atoms with van der Waals surface area (Å²) in [5.74, 6) is -1.33. The van der Waals surface area contributed by atoms with Crippen LogP contribution in [0.3, 0.4) is 0 Å². The van der Waals surface area contributed by atoms with E-state index in [1.807, 2.05) is 0 Å². The highest BCUT2D eigenvalue weighted by atomic mass is 35.5. The molecule has 4 nitrogen and oxygen atoms in total. The Morgan fingerprint density at radius 3 is 2.16 bits per heavy atom. The van der Waals surface area contributed by atoms with Crippen molar-refractivity contribution in [3.05, 3.63) is 93.7 Å². The van der Waals surface area contributed by atoms with Gasteiger partial charge in [0.25, 0.3) is 5.91 Å². The molecule has 0 aliphatic carbocycles. The van der Waals surface area contributed by atoms with Crippen LogP contribution in [0, 0.1) is 5.82 Å². The first kappa shape index (κ1) is 25.5. The van der Waals surface area contributed by atoms with Gasteiger partial charge in [-0.05, 0) is 48.5 Å². The maximum Gasteiger partial charge on any atom is 0.416 e. The van der Waals surface area contributed by atoms with Crippen LogP contribution in [0.2, 0.25) is 10.0 Å². The molecule has 3 aromatic rings. The molecule has 2 N–H and O–H groups in total. The molecule has 0 unspecified atom stereocenters. The number of alkyl halides is 3. The lowest BCUT2D eigenvalue weighted by Crippen LogP contribution is -2.34. The van der Waals surface area contributed by atoms with Crippen molar-refractivity contribution >= 4 is 53.5 Å². The summed E-state index contributed by atoms with van der Waals surface area (Å²) in [5.41, 5.74) is -0.622. The van der Waals surface area contributed by atoms with E-state index in [9.17, 15) is 27.2 Å². The van der Waals surface area contributed by atoms with Crippen LogP contribution in [-0.4, -0.2) is 11.9 Å². The number of nitrogens with one attached hydrogen (secondary N) is 2. The van der Waals surface area contributed by atoms with E-state index in [0.29, 0.717) is 4.90 Å². The second-order valence-electron chi connectivity index (χ2n) is 6.06. The number of thiol groups is 1. The van der Waals surface area contributed by atoms with Crippen LogP contribution in [0.5, 0.6) is 0 Å². The molecule has 168 valence electrons. The van der Waals surface area contributed by atoms with E-state index in [2.05, 4.69) is 23.3 Å². The molecule has 0 aliphatic rings. The van der Waals surface area contributed by atoms with Crippen molar-refractivity contribution in [1.29, 1.82) is 0 Å². The summed E-state index contributed by atoms with van der Waals surface area (Å²) in [7, 11) is 0.